The molecule has 1 aliphatic heterocycles. The predicted octanol–water partition coefficient (Wildman–Crippen LogP) is 1.73. The van der Waals surface area contributed by atoms with Crippen LogP contribution >= 0.6 is 0 Å². The monoisotopic (exact) mass is 338 g/mol. The highest BCUT2D eigenvalue weighted by Gasteiger charge is 2.23. The largest absolute Gasteiger partial charge is 0.341 e. The van der Waals surface area contributed by atoms with Gasteiger partial charge in [0.2, 0.25) is 15.9 Å². The third kappa shape index (κ3) is 5.04. The van der Waals surface area contributed by atoms with Crippen LogP contribution in [0.25, 0.3) is 0 Å². The van der Waals surface area contributed by atoms with Crippen LogP contribution in [0.2, 0.25) is 0 Å². The van der Waals surface area contributed by atoms with Gasteiger partial charge in [0, 0.05) is 32.6 Å². The second-order valence-electron chi connectivity index (χ2n) is 6.33. The van der Waals surface area contributed by atoms with E-state index >= 15 is 0 Å². The minimum Gasteiger partial charge on any atom is -0.341 e. The second kappa shape index (κ2) is 7.45. The summed E-state index contributed by atoms with van der Waals surface area (Å²) in [5, 5.41) is 0. The van der Waals surface area contributed by atoms with Gasteiger partial charge < -0.3 is 4.90 Å². The third-order valence-electron chi connectivity index (χ3n) is 4.38. The molecule has 0 saturated carbocycles. The van der Waals surface area contributed by atoms with Crippen molar-refractivity contribution < 1.29 is 13.2 Å². The number of nitrogens with zero attached hydrogens (tertiary/aromatic N) is 2. The van der Waals surface area contributed by atoms with E-state index in [0.717, 1.165) is 6.42 Å². The van der Waals surface area contributed by atoms with E-state index < -0.39 is 10.0 Å². The molecule has 1 heterocycles. The smallest absolute Gasteiger partial charge is 0.222 e. The lowest BCUT2D eigenvalue weighted by atomic mass is 10.0. The lowest BCUT2D eigenvalue weighted by molar-refractivity contribution is -0.131. The molecule has 0 aromatic heterocycles. The van der Waals surface area contributed by atoms with Crippen molar-refractivity contribution in [1.82, 2.24) is 9.21 Å². The Hall–Kier alpha value is -1.40. The van der Waals surface area contributed by atoms with Crippen molar-refractivity contribution >= 4 is 15.9 Å². The molecule has 1 fully saturated rings. The van der Waals surface area contributed by atoms with Crippen LogP contribution in [0.5, 0.6) is 0 Å². The van der Waals surface area contributed by atoms with E-state index in [9.17, 15) is 13.2 Å². The Morgan fingerprint density at radius 3 is 2.52 bits per heavy atom. The summed E-state index contributed by atoms with van der Waals surface area (Å²) in [7, 11) is -3.17. The summed E-state index contributed by atoms with van der Waals surface area (Å²) in [6.07, 6.45) is 3.13. The molecule has 0 N–H and O–H groups in total. The molecule has 0 atom stereocenters. The van der Waals surface area contributed by atoms with Crippen LogP contribution in [-0.4, -0.2) is 56.0 Å². The maximum atomic E-state index is 12.4. The summed E-state index contributed by atoms with van der Waals surface area (Å²) in [5.41, 5.74) is 3.65. The maximum Gasteiger partial charge on any atom is 0.222 e. The van der Waals surface area contributed by atoms with Gasteiger partial charge in [0.15, 0.2) is 0 Å². The molecule has 0 aliphatic carbocycles. The molecule has 0 unspecified atom stereocenters. The van der Waals surface area contributed by atoms with Gasteiger partial charge in [-0.2, -0.15) is 0 Å². The van der Waals surface area contributed by atoms with Crippen LogP contribution in [0.3, 0.4) is 0 Å². The quantitative estimate of drug-likeness (QED) is 0.840. The fourth-order valence-electron chi connectivity index (χ4n) is 3.00. The van der Waals surface area contributed by atoms with E-state index in [1.807, 2.05) is 0 Å². The first kappa shape index (κ1) is 17.9. The summed E-state index contributed by atoms with van der Waals surface area (Å²) in [6, 6.07) is 6.30. The average Bonchev–Trinajstić information content (AvgIpc) is 2.71. The molecule has 0 spiro atoms. The average molecular weight is 338 g/mol. The number of sulfonamides is 1. The van der Waals surface area contributed by atoms with Crippen molar-refractivity contribution in [3.8, 4) is 0 Å². The Morgan fingerprint density at radius 2 is 1.87 bits per heavy atom. The maximum absolute atomic E-state index is 12.4. The Bertz CT molecular complexity index is 670. The van der Waals surface area contributed by atoms with E-state index in [1.54, 1.807) is 4.90 Å². The molecule has 1 aromatic rings. The van der Waals surface area contributed by atoms with Gasteiger partial charge in [0.25, 0.3) is 0 Å². The molecule has 6 heteroatoms. The van der Waals surface area contributed by atoms with E-state index in [-0.39, 0.29) is 5.91 Å². The summed E-state index contributed by atoms with van der Waals surface area (Å²) < 4.78 is 24.7. The van der Waals surface area contributed by atoms with Crippen molar-refractivity contribution in [1.29, 1.82) is 0 Å². The number of benzene rings is 1. The number of rotatable bonds is 4. The fraction of sp³-hybridized carbons (Fsp3) is 0.588. The van der Waals surface area contributed by atoms with Crippen LogP contribution in [0.4, 0.5) is 0 Å². The van der Waals surface area contributed by atoms with Gasteiger partial charge >= 0.3 is 0 Å². The van der Waals surface area contributed by atoms with Crippen LogP contribution in [0.15, 0.2) is 18.2 Å². The summed E-state index contributed by atoms with van der Waals surface area (Å²) >= 11 is 0. The SMILES string of the molecule is Cc1ccc(CCC(=O)N2CCCN(S(C)(=O)=O)CC2)c(C)c1. The zero-order chi connectivity index (χ0) is 17.0. The minimum atomic E-state index is -3.17. The highest BCUT2D eigenvalue weighted by molar-refractivity contribution is 7.88. The van der Waals surface area contributed by atoms with Crippen molar-refractivity contribution in [3.63, 3.8) is 0 Å². The summed E-state index contributed by atoms with van der Waals surface area (Å²) in [6.45, 7) is 6.15. The van der Waals surface area contributed by atoms with Gasteiger partial charge in [-0.3, -0.25) is 4.79 Å². The van der Waals surface area contributed by atoms with Crippen LogP contribution < -0.4 is 0 Å². The zero-order valence-corrected chi connectivity index (χ0v) is 15.0. The number of carbonyl (C=O) groups is 1. The van der Waals surface area contributed by atoms with E-state index in [1.165, 1.54) is 27.3 Å². The predicted molar refractivity (Wildman–Crippen MR) is 91.9 cm³/mol. The number of carbonyl (C=O) groups excluding carboxylic acids is 1. The first-order chi connectivity index (χ1) is 10.8. The summed E-state index contributed by atoms with van der Waals surface area (Å²) in [5.74, 6) is 0.111. The molecule has 1 amide bonds. The first-order valence-corrected chi connectivity index (χ1v) is 9.91. The molecule has 2 rings (SSSR count). The molecule has 128 valence electrons. The fourth-order valence-corrected chi connectivity index (χ4v) is 3.87. The van der Waals surface area contributed by atoms with E-state index in [0.29, 0.717) is 39.0 Å². The third-order valence-corrected chi connectivity index (χ3v) is 5.69. The number of amides is 1. The van der Waals surface area contributed by atoms with Crippen molar-refractivity contribution in [2.75, 3.05) is 32.4 Å². The molecule has 1 saturated heterocycles. The Labute approximate surface area is 139 Å². The van der Waals surface area contributed by atoms with Crippen molar-refractivity contribution in [3.05, 3.63) is 34.9 Å². The number of aryl methyl sites for hydroxylation is 3. The van der Waals surface area contributed by atoms with Crippen LogP contribution in [0.1, 0.15) is 29.5 Å². The summed E-state index contributed by atoms with van der Waals surface area (Å²) in [4.78, 5) is 14.2. The van der Waals surface area contributed by atoms with Gasteiger partial charge in [0.1, 0.15) is 0 Å². The zero-order valence-electron chi connectivity index (χ0n) is 14.2. The Kier molecular flexibility index (Phi) is 5.81. The van der Waals surface area contributed by atoms with Gasteiger partial charge in [-0.25, -0.2) is 12.7 Å². The van der Waals surface area contributed by atoms with Gasteiger partial charge in [0.05, 0.1) is 6.26 Å². The Morgan fingerprint density at radius 1 is 1.13 bits per heavy atom. The normalized spacial score (nSPS) is 17.1. The lowest BCUT2D eigenvalue weighted by Gasteiger charge is -2.21. The van der Waals surface area contributed by atoms with Crippen molar-refractivity contribution in [2.24, 2.45) is 0 Å². The van der Waals surface area contributed by atoms with Crippen LogP contribution in [-0.2, 0) is 21.2 Å². The molecule has 0 radical (unpaired) electrons. The van der Waals surface area contributed by atoms with Gasteiger partial charge in [-0.05, 0) is 37.8 Å². The highest BCUT2D eigenvalue weighted by atomic mass is 32.2. The van der Waals surface area contributed by atoms with E-state index in [4.69, 9.17) is 0 Å². The molecule has 1 aliphatic rings. The van der Waals surface area contributed by atoms with Crippen molar-refractivity contribution in [2.45, 2.75) is 33.1 Å². The molecular formula is C17H26N2O3S. The lowest BCUT2D eigenvalue weighted by Crippen LogP contribution is -2.37. The molecule has 1 aromatic carbocycles. The molecule has 5 nitrogen and oxygen atoms in total. The topological polar surface area (TPSA) is 57.7 Å². The minimum absolute atomic E-state index is 0.111. The second-order valence-corrected chi connectivity index (χ2v) is 8.31. The standard InChI is InChI=1S/C17H26N2O3S/c1-14-5-6-16(15(2)13-14)7-8-17(20)18-9-4-10-19(12-11-18)23(3,21)22/h5-6,13H,4,7-12H2,1-3H3. The van der Waals surface area contributed by atoms with Gasteiger partial charge in [-0.15, -0.1) is 0 Å². The Balaban J connectivity index is 1.91. The number of hydrogen-bond donors (Lipinski definition) is 0. The first-order valence-electron chi connectivity index (χ1n) is 8.06. The number of hydrogen-bond acceptors (Lipinski definition) is 3. The molecule has 0 bridgehead atoms. The molecule has 23 heavy (non-hydrogen) atoms. The highest BCUT2D eigenvalue weighted by Crippen LogP contribution is 2.14. The molecular weight excluding hydrogens is 312 g/mol. The van der Waals surface area contributed by atoms with E-state index in [2.05, 4.69) is 32.0 Å². The van der Waals surface area contributed by atoms with Gasteiger partial charge in [-0.1, -0.05) is 23.8 Å². The van der Waals surface area contributed by atoms with Crippen LogP contribution in [0, 0.1) is 13.8 Å².